The Balaban J connectivity index is 0.000000150. The van der Waals surface area contributed by atoms with Crippen LogP contribution < -0.4 is 44.5 Å². The normalized spacial score (nSPS) is 15.7. The van der Waals surface area contributed by atoms with Crippen molar-refractivity contribution < 1.29 is 101 Å². The van der Waals surface area contributed by atoms with E-state index in [1.54, 1.807) is 65.0 Å². The van der Waals surface area contributed by atoms with Gasteiger partial charge in [-0.05, 0) is 155 Å². The predicted octanol–water partition coefficient (Wildman–Crippen LogP) is 14.8. The van der Waals surface area contributed by atoms with E-state index in [0.29, 0.717) is 145 Å². The second kappa shape index (κ2) is 49.2. The van der Waals surface area contributed by atoms with Crippen LogP contribution in [0.3, 0.4) is 0 Å². The largest absolute Gasteiger partial charge is 0.505 e. The molecule has 0 aliphatic carbocycles. The van der Waals surface area contributed by atoms with Crippen molar-refractivity contribution in [2.75, 3.05) is 139 Å². The molecule has 0 bridgehead atoms. The number of H-pyrrole nitrogens is 2. The minimum atomic E-state index is -1.71. The molecule has 31 heteroatoms. The highest BCUT2D eigenvalue weighted by atomic mass is 79.9. The average molecular weight is 1870 g/mol. The van der Waals surface area contributed by atoms with Gasteiger partial charge in [0.1, 0.15) is 53.2 Å². The summed E-state index contributed by atoms with van der Waals surface area (Å²) in [5, 5.41) is 38.1. The number of nitrogens with zero attached hydrogens (tertiary/aromatic N) is 4. The molecule has 668 valence electrons. The number of pyridine rings is 2. The molecular weight excluding hydrogens is 1770 g/mol. The van der Waals surface area contributed by atoms with Crippen molar-refractivity contribution in [1.82, 2.24) is 19.9 Å². The molecule has 4 unspecified atom stereocenters. The van der Waals surface area contributed by atoms with Gasteiger partial charge in [0, 0.05) is 60.5 Å². The molecule has 128 heavy (non-hydrogen) atoms. The third kappa shape index (κ3) is 26.6. The van der Waals surface area contributed by atoms with E-state index >= 15 is 0 Å². The molecule has 4 aromatic heterocycles. The first-order chi connectivity index (χ1) is 62.5. The Morgan fingerprint density at radius 3 is 1.12 bits per heavy atom. The molecule has 0 spiro atoms. The van der Waals surface area contributed by atoms with Crippen LogP contribution in [-0.2, 0) is 73.5 Å². The van der Waals surface area contributed by atoms with Gasteiger partial charge >= 0.3 is 26.2 Å². The Bertz CT molecular complexity index is 5480. The number of methoxy groups -OCH3 is 7. The van der Waals surface area contributed by atoms with Gasteiger partial charge in [0.2, 0.25) is 0 Å². The number of aromatic amines is 2. The molecular formula is C97H104B2Br2N6O21. The van der Waals surface area contributed by atoms with Crippen LogP contribution in [0, 0.1) is 0 Å². The van der Waals surface area contributed by atoms with Crippen LogP contribution in [0.1, 0.15) is 89.6 Å². The number of hydrogen-bond acceptors (Lipinski definition) is 25. The van der Waals surface area contributed by atoms with E-state index in [4.69, 9.17) is 86.1 Å². The zero-order valence-corrected chi connectivity index (χ0v) is 75.4. The van der Waals surface area contributed by atoms with E-state index in [1.165, 1.54) is 27.5 Å². The van der Waals surface area contributed by atoms with Crippen molar-refractivity contribution >= 4 is 103 Å². The number of rotatable bonds is 24. The van der Waals surface area contributed by atoms with Crippen LogP contribution in [0.4, 0.5) is 11.6 Å². The van der Waals surface area contributed by atoms with E-state index in [9.17, 15) is 19.6 Å². The SMILES string of the molecule is COC(=O)c1cnc(N(Cc2ccccc2)Cc2ccccc2)c2[nH]c(-c3ccc(C4COCCO4)cc3OC)cc12.COC(=O)c1cnc(N(Cc2ccccc2)Cc2ccccc2)c2[nH]c(B(O)O)cc12.COc1cc(C2COCCO2)ccc1Br.COc1cc(C2COCCO2)ccc1Br.COc1cccc(B(O)O)c1.COc1cccc(C2COCCO2)c1. The van der Waals surface area contributed by atoms with Crippen LogP contribution in [0.2, 0.25) is 0 Å². The number of carbonyl (C=O) groups excluding carboxylic acids is 2. The maximum absolute atomic E-state index is 12.8. The van der Waals surface area contributed by atoms with Crippen LogP contribution in [0.15, 0.2) is 258 Å². The summed E-state index contributed by atoms with van der Waals surface area (Å²) in [5.41, 5.74) is 13.0. The summed E-state index contributed by atoms with van der Waals surface area (Å²) in [6.45, 7) is 9.99. The molecule has 17 rings (SSSR count). The molecule has 4 aliphatic heterocycles. The molecule has 4 atom stereocenters. The maximum atomic E-state index is 12.8. The van der Waals surface area contributed by atoms with Crippen molar-refractivity contribution in [1.29, 1.82) is 0 Å². The highest BCUT2D eigenvalue weighted by Gasteiger charge is 2.28. The molecule has 27 nitrogen and oxygen atoms in total. The predicted molar refractivity (Wildman–Crippen MR) is 497 cm³/mol. The number of aromatic nitrogens is 4. The lowest BCUT2D eigenvalue weighted by Gasteiger charge is -2.25. The number of anilines is 2. The third-order valence-electron chi connectivity index (χ3n) is 21.0. The van der Waals surface area contributed by atoms with Crippen molar-refractivity contribution in [2.24, 2.45) is 0 Å². The molecule has 4 aliphatic rings. The van der Waals surface area contributed by atoms with Crippen LogP contribution in [0.5, 0.6) is 28.7 Å². The monoisotopic (exact) mass is 1870 g/mol. The third-order valence-corrected chi connectivity index (χ3v) is 22.3. The molecule has 4 fully saturated rings. The number of halogens is 2. The van der Waals surface area contributed by atoms with Gasteiger partial charge in [0.05, 0.1) is 166 Å². The van der Waals surface area contributed by atoms with Gasteiger partial charge in [-0.3, -0.25) is 0 Å². The van der Waals surface area contributed by atoms with Gasteiger partial charge in [0.25, 0.3) is 0 Å². The summed E-state index contributed by atoms with van der Waals surface area (Å²) in [5.74, 6) is 4.16. The fraction of sp³-hybridized carbons (Fsp3) is 0.278. The second-order valence-corrected chi connectivity index (χ2v) is 31.1. The van der Waals surface area contributed by atoms with Gasteiger partial charge < -0.3 is 111 Å². The highest BCUT2D eigenvalue weighted by molar-refractivity contribution is 9.11. The number of hydrogen-bond donors (Lipinski definition) is 6. The van der Waals surface area contributed by atoms with Gasteiger partial charge in [-0.1, -0.05) is 164 Å². The van der Waals surface area contributed by atoms with Gasteiger partial charge in [-0.25, -0.2) is 19.6 Å². The minimum Gasteiger partial charge on any atom is -0.497 e. The summed E-state index contributed by atoms with van der Waals surface area (Å²) < 4.78 is 82.6. The summed E-state index contributed by atoms with van der Waals surface area (Å²) in [4.78, 5) is 45.4. The lowest BCUT2D eigenvalue weighted by Crippen LogP contribution is -2.30. The van der Waals surface area contributed by atoms with E-state index in [0.717, 1.165) is 98.7 Å². The van der Waals surface area contributed by atoms with E-state index in [1.807, 2.05) is 182 Å². The standard InChI is InChI=1S/C34H33N3O5.C23H22BN3O4.2C11H13BrO3.C11H14O3.C7H9BO3/c1-39-30-17-25(31-22-41-15-16-42-31)13-14-26(30)29-18-27-28(34(38)40-2)19-35-33(32(27)36-29)37(20-23-9-5-3-6-10-23)21-24-11-7-4-8-12-24;1-31-23(28)19-13-25-22(21-18(19)12-20(26-21)24(29)30)27(14-16-8-4-2-5-9-16)15-17-10-6-3-7-11-17;2*1-13-10-6-8(2-3-9(10)12)11-7-14-4-5-15-11;1-12-10-4-2-3-9(7-10)11-8-13-5-6-14-11;1-11-7-4-2-3-6(5-7)8(9)10/h3-14,17-19,31,36H,15-16,20-22H2,1-2H3;2-13,26,29-30H,14-15H2,1H3;2*2-3,6,11H,4-5,7H2,1H3;2-4,7,11H,5-6,8H2,1H3;2-5,9-10H,1H3. The highest BCUT2D eigenvalue weighted by Crippen LogP contribution is 2.40. The quantitative estimate of drug-likeness (QED) is 0.0242. The van der Waals surface area contributed by atoms with E-state index in [-0.39, 0.29) is 35.6 Å². The van der Waals surface area contributed by atoms with E-state index in [2.05, 4.69) is 80.9 Å². The topological polar surface area (TPSA) is 317 Å². The van der Waals surface area contributed by atoms with Crippen molar-refractivity contribution in [3.63, 3.8) is 0 Å². The first-order valence-electron chi connectivity index (χ1n) is 41.4. The van der Waals surface area contributed by atoms with Gasteiger partial charge in [-0.15, -0.1) is 0 Å². The number of benzene rings is 9. The van der Waals surface area contributed by atoms with Crippen molar-refractivity contribution in [3.8, 4) is 40.0 Å². The molecule has 0 amide bonds. The number of esters is 2. The Hall–Kier alpha value is -11.5. The number of fused-ring (bicyclic) bond motifs is 2. The maximum Gasteiger partial charge on any atom is 0.505 e. The minimum absolute atomic E-state index is 0.0285. The summed E-state index contributed by atoms with van der Waals surface area (Å²) in [6, 6.07) is 76.6. The van der Waals surface area contributed by atoms with Crippen LogP contribution >= 0.6 is 31.9 Å². The fourth-order valence-electron chi connectivity index (χ4n) is 14.4. The number of carbonyl (C=O) groups is 2. The van der Waals surface area contributed by atoms with Gasteiger partial charge in [0.15, 0.2) is 11.6 Å². The molecule has 8 heterocycles. The molecule has 0 radical (unpaired) electrons. The smallest absolute Gasteiger partial charge is 0.497 e. The summed E-state index contributed by atoms with van der Waals surface area (Å²) in [6.07, 6.45) is 3.04. The second-order valence-electron chi connectivity index (χ2n) is 29.4. The van der Waals surface area contributed by atoms with Crippen molar-refractivity contribution in [2.45, 2.75) is 50.6 Å². The summed E-state index contributed by atoms with van der Waals surface area (Å²) in [7, 11) is 7.70. The lowest BCUT2D eigenvalue weighted by molar-refractivity contribution is -0.0902. The molecule has 13 aromatic rings. The van der Waals surface area contributed by atoms with Crippen molar-refractivity contribution in [3.05, 3.63) is 314 Å². The van der Waals surface area contributed by atoms with E-state index < -0.39 is 26.2 Å². The lowest BCUT2D eigenvalue weighted by atomic mass is 9.80. The Morgan fingerprint density at radius 1 is 0.391 bits per heavy atom. The molecule has 9 aromatic carbocycles. The number of nitrogens with one attached hydrogen (secondary N) is 2. The fourth-order valence-corrected chi connectivity index (χ4v) is 15.2. The first-order valence-corrected chi connectivity index (χ1v) is 43.0. The zero-order valence-electron chi connectivity index (χ0n) is 72.2. The van der Waals surface area contributed by atoms with Crippen LogP contribution in [0.25, 0.3) is 33.1 Å². The average Bonchev–Trinajstić information content (AvgIpc) is 1.61. The Kier molecular flexibility index (Phi) is 36.7. The Morgan fingerprint density at radius 2 is 0.758 bits per heavy atom. The molecule has 4 saturated heterocycles. The summed E-state index contributed by atoms with van der Waals surface area (Å²) >= 11 is 6.84. The first kappa shape index (κ1) is 95.6. The van der Waals surface area contributed by atoms with Crippen LogP contribution in [-0.4, -0.2) is 195 Å². The van der Waals surface area contributed by atoms with Gasteiger partial charge in [-0.2, -0.15) is 0 Å². The molecule has 0 saturated carbocycles. The zero-order chi connectivity index (χ0) is 90.1. The number of ether oxygens (including phenoxy) is 15. The Labute approximate surface area is 761 Å². The molecule has 6 N–H and O–H groups in total.